The first kappa shape index (κ1) is 24.1. The number of carbonyl (C=O) groups is 1. The third-order valence-corrected chi connectivity index (χ3v) is 7.91. The van der Waals surface area contributed by atoms with E-state index in [0.717, 1.165) is 22.3 Å². The molecule has 0 saturated carbocycles. The maximum Gasteiger partial charge on any atom is 0.256 e. The summed E-state index contributed by atoms with van der Waals surface area (Å²) < 4.78 is 33.3. The van der Waals surface area contributed by atoms with Crippen LogP contribution in [0, 0.1) is 6.92 Å². The molecular weight excluding hydrogens is 452 g/mol. The summed E-state index contributed by atoms with van der Waals surface area (Å²) in [6.45, 7) is 8.68. The van der Waals surface area contributed by atoms with Crippen molar-refractivity contribution < 1.29 is 17.9 Å². The van der Waals surface area contributed by atoms with Gasteiger partial charge in [-0.25, -0.2) is 8.42 Å². The maximum absolute atomic E-state index is 13.5. The zero-order chi connectivity index (χ0) is 24.3. The van der Waals surface area contributed by atoms with E-state index in [2.05, 4.69) is 15.2 Å². The van der Waals surface area contributed by atoms with Crippen LogP contribution in [-0.2, 0) is 14.8 Å². The van der Waals surface area contributed by atoms with Gasteiger partial charge in [-0.05, 0) is 51.1 Å². The summed E-state index contributed by atoms with van der Waals surface area (Å²) >= 11 is 0. The number of benzene rings is 2. The number of ether oxygens (including phenoxy) is 1. The van der Waals surface area contributed by atoms with E-state index < -0.39 is 10.0 Å². The highest BCUT2D eigenvalue weighted by Gasteiger charge is 2.28. The molecule has 1 saturated heterocycles. The minimum Gasteiger partial charge on any atom is -0.379 e. The van der Waals surface area contributed by atoms with Crippen LogP contribution in [0.2, 0.25) is 0 Å². The second-order valence-corrected chi connectivity index (χ2v) is 10.1. The van der Waals surface area contributed by atoms with E-state index in [1.54, 1.807) is 24.3 Å². The molecular formula is C25H30N4O4S. The minimum absolute atomic E-state index is 0.149. The summed E-state index contributed by atoms with van der Waals surface area (Å²) in [6, 6.07) is 14.2. The number of carbonyl (C=O) groups excluding carboxylic acids is 1. The summed E-state index contributed by atoms with van der Waals surface area (Å²) in [5.74, 6) is -0.309. The Labute approximate surface area is 200 Å². The number of amides is 1. The number of pyridine rings is 1. The average Bonchev–Trinajstić information content (AvgIpc) is 2.85. The number of sulfonamides is 1. The molecule has 1 N–H and O–H groups in total. The fourth-order valence-corrected chi connectivity index (χ4v) is 5.67. The highest BCUT2D eigenvalue weighted by atomic mass is 32.2. The first-order valence-electron chi connectivity index (χ1n) is 11.5. The van der Waals surface area contributed by atoms with Gasteiger partial charge in [-0.2, -0.15) is 4.31 Å². The quantitative estimate of drug-likeness (QED) is 0.553. The number of nitrogens with zero attached hydrogens (tertiary/aromatic N) is 3. The van der Waals surface area contributed by atoms with Gasteiger partial charge in [0.05, 0.1) is 40.6 Å². The van der Waals surface area contributed by atoms with Crippen molar-refractivity contribution in [2.45, 2.75) is 25.7 Å². The topological polar surface area (TPSA) is 91.8 Å². The maximum atomic E-state index is 13.5. The van der Waals surface area contributed by atoms with Crippen molar-refractivity contribution in [2.75, 3.05) is 49.6 Å². The number of morpholine rings is 1. The van der Waals surface area contributed by atoms with Crippen molar-refractivity contribution in [1.82, 2.24) is 9.29 Å². The molecule has 0 bridgehead atoms. The van der Waals surface area contributed by atoms with Crippen LogP contribution in [0.15, 0.2) is 53.4 Å². The standard InChI is InChI=1S/C25H30N4O4S/c1-4-28(5-2)24-11-10-19(34(31,32)29-12-14-33-15-13-29)17-23(24)27-25(30)21-16-18(3)26-22-9-7-6-8-20(21)22/h6-11,16-17H,4-5,12-15H2,1-3H3,(H,27,30). The number of hydrogen-bond donors (Lipinski definition) is 1. The van der Waals surface area contributed by atoms with Crippen LogP contribution in [0.25, 0.3) is 10.9 Å². The van der Waals surface area contributed by atoms with Crippen molar-refractivity contribution in [3.8, 4) is 0 Å². The average molecular weight is 483 g/mol. The number of hydrogen-bond acceptors (Lipinski definition) is 6. The highest BCUT2D eigenvalue weighted by Crippen LogP contribution is 2.31. The Balaban J connectivity index is 1.76. The Morgan fingerprint density at radius 2 is 1.79 bits per heavy atom. The van der Waals surface area contributed by atoms with Gasteiger partial charge in [-0.3, -0.25) is 9.78 Å². The summed E-state index contributed by atoms with van der Waals surface area (Å²) in [4.78, 5) is 20.2. The van der Waals surface area contributed by atoms with Crippen LogP contribution >= 0.6 is 0 Å². The number of aryl methyl sites for hydroxylation is 1. The molecule has 180 valence electrons. The van der Waals surface area contributed by atoms with Crippen LogP contribution in [0.4, 0.5) is 11.4 Å². The first-order valence-corrected chi connectivity index (χ1v) is 12.9. The molecule has 3 aromatic rings. The van der Waals surface area contributed by atoms with Crippen LogP contribution < -0.4 is 10.2 Å². The molecule has 2 heterocycles. The summed E-state index contributed by atoms with van der Waals surface area (Å²) in [7, 11) is -3.71. The van der Waals surface area contributed by atoms with Crippen molar-refractivity contribution in [3.63, 3.8) is 0 Å². The van der Waals surface area contributed by atoms with Gasteiger partial charge < -0.3 is 15.0 Å². The molecule has 0 unspecified atom stereocenters. The number of nitrogens with one attached hydrogen (secondary N) is 1. The van der Waals surface area contributed by atoms with Gasteiger partial charge in [0.25, 0.3) is 5.91 Å². The molecule has 1 amide bonds. The van der Waals surface area contributed by atoms with E-state index in [1.165, 1.54) is 4.31 Å². The largest absolute Gasteiger partial charge is 0.379 e. The van der Waals surface area contributed by atoms with Crippen molar-refractivity contribution in [2.24, 2.45) is 0 Å². The molecule has 4 rings (SSSR count). The predicted octanol–water partition coefficient (Wildman–Crippen LogP) is 3.66. The van der Waals surface area contributed by atoms with E-state index in [0.29, 0.717) is 50.6 Å². The number of rotatable bonds is 7. The molecule has 2 aromatic carbocycles. The Kier molecular flexibility index (Phi) is 7.16. The molecule has 1 aromatic heterocycles. The minimum atomic E-state index is -3.71. The van der Waals surface area contributed by atoms with Crippen molar-refractivity contribution in [1.29, 1.82) is 0 Å². The second-order valence-electron chi connectivity index (χ2n) is 8.15. The Morgan fingerprint density at radius 3 is 2.50 bits per heavy atom. The number of para-hydroxylation sites is 1. The lowest BCUT2D eigenvalue weighted by Crippen LogP contribution is -2.40. The highest BCUT2D eigenvalue weighted by molar-refractivity contribution is 7.89. The monoisotopic (exact) mass is 482 g/mol. The summed E-state index contributed by atoms with van der Waals surface area (Å²) in [6.07, 6.45) is 0. The van der Waals surface area contributed by atoms with E-state index in [9.17, 15) is 13.2 Å². The molecule has 0 radical (unpaired) electrons. The molecule has 0 spiro atoms. The van der Waals surface area contributed by atoms with E-state index in [-0.39, 0.29) is 10.8 Å². The lowest BCUT2D eigenvalue weighted by atomic mass is 10.1. The van der Waals surface area contributed by atoms with E-state index >= 15 is 0 Å². The lowest BCUT2D eigenvalue weighted by molar-refractivity contribution is 0.0730. The summed E-state index contributed by atoms with van der Waals surface area (Å²) in [5.41, 5.74) is 3.20. The van der Waals surface area contributed by atoms with Gasteiger partial charge in [-0.1, -0.05) is 18.2 Å². The molecule has 0 aliphatic carbocycles. The molecule has 1 fully saturated rings. The number of aromatic nitrogens is 1. The predicted molar refractivity (Wildman–Crippen MR) is 134 cm³/mol. The van der Waals surface area contributed by atoms with Gasteiger partial charge in [0.15, 0.2) is 0 Å². The Bertz CT molecular complexity index is 1300. The lowest BCUT2D eigenvalue weighted by Gasteiger charge is -2.28. The van der Waals surface area contributed by atoms with Gasteiger partial charge in [0.1, 0.15) is 0 Å². The zero-order valence-electron chi connectivity index (χ0n) is 19.7. The van der Waals surface area contributed by atoms with Crippen LogP contribution in [0.3, 0.4) is 0 Å². The normalized spacial score (nSPS) is 14.8. The molecule has 1 aliphatic heterocycles. The second kappa shape index (κ2) is 10.1. The van der Waals surface area contributed by atoms with Crippen LogP contribution in [0.1, 0.15) is 29.9 Å². The van der Waals surface area contributed by atoms with Crippen molar-refractivity contribution in [3.05, 3.63) is 59.8 Å². The smallest absolute Gasteiger partial charge is 0.256 e. The SMILES string of the molecule is CCN(CC)c1ccc(S(=O)(=O)N2CCOCC2)cc1NC(=O)c1cc(C)nc2ccccc12. The molecule has 1 aliphatic rings. The van der Waals surface area contributed by atoms with E-state index in [1.807, 2.05) is 45.0 Å². The van der Waals surface area contributed by atoms with Gasteiger partial charge in [-0.15, -0.1) is 0 Å². The number of fused-ring (bicyclic) bond motifs is 1. The van der Waals surface area contributed by atoms with Crippen LogP contribution in [0.5, 0.6) is 0 Å². The summed E-state index contributed by atoms with van der Waals surface area (Å²) in [5, 5.41) is 3.74. The number of anilines is 2. The van der Waals surface area contributed by atoms with Gasteiger partial charge >= 0.3 is 0 Å². The molecule has 9 heteroatoms. The van der Waals surface area contributed by atoms with E-state index in [4.69, 9.17) is 4.74 Å². The molecule has 0 atom stereocenters. The van der Waals surface area contributed by atoms with Gasteiger partial charge in [0.2, 0.25) is 10.0 Å². The van der Waals surface area contributed by atoms with Crippen molar-refractivity contribution >= 4 is 38.2 Å². The third-order valence-electron chi connectivity index (χ3n) is 6.02. The third kappa shape index (κ3) is 4.77. The molecule has 8 nitrogen and oxygen atoms in total. The zero-order valence-corrected chi connectivity index (χ0v) is 20.6. The Hall–Kier alpha value is -3.01. The fraction of sp³-hybridized carbons (Fsp3) is 0.360. The molecule has 34 heavy (non-hydrogen) atoms. The van der Waals surface area contributed by atoms with Gasteiger partial charge in [0, 0.05) is 37.3 Å². The Morgan fingerprint density at radius 1 is 1.09 bits per heavy atom. The van der Waals surface area contributed by atoms with Crippen LogP contribution in [-0.4, -0.2) is 63.0 Å². The fourth-order valence-electron chi connectivity index (χ4n) is 4.24. The first-order chi connectivity index (χ1) is 16.3.